The van der Waals surface area contributed by atoms with Gasteiger partial charge in [0.2, 0.25) is 0 Å². The molecule has 1 aliphatic rings. The van der Waals surface area contributed by atoms with E-state index in [0.717, 1.165) is 17.5 Å². The lowest BCUT2D eigenvalue weighted by atomic mass is 10.2. The number of fused-ring (bicyclic) bond motifs is 1. The van der Waals surface area contributed by atoms with Gasteiger partial charge in [-0.05, 0) is 37.3 Å². The molecule has 1 saturated carbocycles. The summed E-state index contributed by atoms with van der Waals surface area (Å²) in [5.74, 6) is -0.914. The molecule has 3 rings (SSSR count). The predicted octanol–water partition coefficient (Wildman–Crippen LogP) is 2.59. The van der Waals surface area contributed by atoms with Crippen molar-refractivity contribution < 1.29 is 9.90 Å². The molecule has 2 unspecified atom stereocenters. The molecule has 0 bridgehead atoms. The SMILES string of the molecule is CSC1CCCC1n1nnc2ccc(C(=O)O)cc21. The Hall–Kier alpha value is -1.56. The molecule has 19 heavy (non-hydrogen) atoms. The molecule has 100 valence electrons. The second-order valence-electron chi connectivity index (χ2n) is 4.82. The molecule has 1 aromatic carbocycles. The summed E-state index contributed by atoms with van der Waals surface area (Å²) in [5, 5.41) is 18.0. The first-order valence-corrected chi connectivity index (χ1v) is 7.60. The van der Waals surface area contributed by atoms with Crippen LogP contribution < -0.4 is 0 Å². The maximum atomic E-state index is 11.1. The standard InChI is InChI=1S/C13H15N3O2S/c1-19-12-4-2-3-10(12)16-11-7-8(13(17)18)5-6-9(11)14-15-16/h5-7,10,12H,2-4H2,1H3,(H,17,18). The molecule has 1 heterocycles. The van der Waals surface area contributed by atoms with E-state index in [0.29, 0.717) is 11.3 Å². The van der Waals surface area contributed by atoms with E-state index in [4.69, 9.17) is 5.11 Å². The van der Waals surface area contributed by atoms with E-state index in [1.807, 2.05) is 16.4 Å². The summed E-state index contributed by atoms with van der Waals surface area (Å²) < 4.78 is 1.91. The largest absolute Gasteiger partial charge is 0.478 e. The predicted molar refractivity (Wildman–Crippen MR) is 74.7 cm³/mol. The minimum atomic E-state index is -0.914. The highest BCUT2D eigenvalue weighted by Crippen LogP contribution is 2.38. The van der Waals surface area contributed by atoms with Gasteiger partial charge < -0.3 is 5.11 Å². The second kappa shape index (κ2) is 4.85. The molecule has 0 spiro atoms. The second-order valence-corrected chi connectivity index (χ2v) is 5.89. The number of carboxylic acid groups (broad SMARTS) is 1. The number of rotatable bonds is 3. The fourth-order valence-corrected chi connectivity index (χ4v) is 3.74. The van der Waals surface area contributed by atoms with Gasteiger partial charge in [-0.3, -0.25) is 0 Å². The molecule has 1 fully saturated rings. The van der Waals surface area contributed by atoms with Gasteiger partial charge in [0, 0.05) is 5.25 Å². The minimum absolute atomic E-state index is 0.287. The molecule has 0 saturated heterocycles. The third-order valence-corrected chi connectivity index (χ3v) is 4.91. The van der Waals surface area contributed by atoms with Crippen LogP contribution in [0.4, 0.5) is 0 Å². The van der Waals surface area contributed by atoms with Gasteiger partial charge in [0.25, 0.3) is 0 Å². The maximum Gasteiger partial charge on any atom is 0.335 e. The van der Waals surface area contributed by atoms with Crippen LogP contribution in [-0.4, -0.2) is 37.6 Å². The molecule has 1 N–H and O–H groups in total. The Balaban J connectivity index is 2.08. The van der Waals surface area contributed by atoms with E-state index < -0.39 is 5.97 Å². The van der Waals surface area contributed by atoms with Crippen molar-refractivity contribution in [3.05, 3.63) is 23.8 Å². The Labute approximate surface area is 115 Å². The summed E-state index contributed by atoms with van der Waals surface area (Å²) in [4.78, 5) is 11.1. The number of nitrogens with zero attached hydrogens (tertiary/aromatic N) is 3. The number of aromatic nitrogens is 3. The van der Waals surface area contributed by atoms with Crippen molar-refractivity contribution in [3.63, 3.8) is 0 Å². The van der Waals surface area contributed by atoms with Gasteiger partial charge in [-0.15, -0.1) is 5.10 Å². The first-order valence-electron chi connectivity index (χ1n) is 6.31. The normalized spacial score (nSPS) is 23.0. The van der Waals surface area contributed by atoms with Crippen molar-refractivity contribution in [2.24, 2.45) is 0 Å². The fourth-order valence-electron chi connectivity index (χ4n) is 2.78. The minimum Gasteiger partial charge on any atom is -0.478 e. The lowest BCUT2D eigenvalue weighted by Crippen LogP contribution is -2.17. The Bertz CT molecular complexity index is 625. The smallest absolute Gasteiger partial charge is 0.335 e. The third-order valence-electron chi connectivity index (χ3n) is 3.75. The van der Waals surface area contributed by atoms with Gasteiger partial charge >= 0.3 is 5.97 Å². The monoisotopic (exact) mass is 277 g/mol. The van der Waals surface area contributed by atoms with Crippen LogP contribution in [0.3, 0.4) is 0 Å². The summed E-state index contributed by atoms with van der Waals surface area (Å²) in [6.07, 6.45) is 5.58. The maximum absolute atomic E-state index is 11.1. The highest BCUT2D eigenvalue weighted by molar-refractivity contribution is 7.99. The number of aromatic carboxylic acids is 1. The molecule has 2 aromatic rings. The number of carbonyl (C=O) groups is 1. The van der Waals surface area contributed by atoms with Crippen LogP contribution in [0, 0.1) is 0 Å². The average Bonchev–Trinajstić information content (AvgIpc) is 3.03. The van der Waals surface area contributed by atoms with Crippen LogP contribution >= 0.6 is 11.8 Å². The van der Waals surface area contributed by atoms with Crippen LogP contribution in [0.1, 0.15) is 35.7 Å². The summed E-state index contributed by atoms with van der Waals surface area (Å²) in [6, 6.07) is 5.30. The quantitative estimate of drug-likeness (QED) is 0.934. The highest BCUT2D eigenvalue weighted by atomic mass is 32.2. The van der Waals surface area contributed by atoms with Crippen molar-refractivity contribution in [1.82, 2.24) is 15.0 Å². The van der Waals surface area contributed by atoms with Crippen LogP contribution in [0.5, 0.6) is 0 Å². The zero-order valence-electron chi connectivity index (χ0n) is 10.6. The molecule has 0 aliphatic heterocycles. The Kier molecular flexibility index (Phi) is 3.18. The molecule has 0 radical (unpaired) electrons. The zero-order valence-corrected chi connectivity index (χ0v) is 11.4. The van der Waals surface area contributed by atoms with Crippen molar-refractivity contribution >= 4 is 28.8 Å². The van der Waals surface area contributed by atoms with E-state index in [9.17, 15) is 4.79 Å². The van der Waals surface area contributed by atoms with E-state index in [2.05, 4.69) is 16.6 Å². The fraction of sp³-hybridized carbons (Fsp3) is 0.462. The van der Waals surface area contributed by atoms with E-state index in [-0.39, 0.29) is 5.56 Å². The summed E-state index contributed by atoms with van der Waals surface area (Å²) >= 11 is 1.85. The first kappa shape index (κ1) is 12.5. The van der Waals surface area contributed by atoms with Gasteiger partial charge in [0.1, 0.15) is 5.52 Å². The molecule has 6 heteroatoms. The van der Waals surface area contributed by atoms with Crippen LogP contribution in [0.25, 0.3) is 11.0 Å². The van der Waals surface area contributed by atoms with E-state index >= 15 is 0 Å². The number of hydrogen-bond acceptors (Lipinski definition) is 4. The van der Waals surface area contributed by atoms with Crippen molar-refractivity contribution in [2.75, 3.05) is 6.26 Å². The number of carboxylic acids is 1. The van der Waals surface area contributed by atoms with Crippen molar-refractivity contribution in [1.29, 1.82) is 0 Å². The lowest BCUT2D eigenvalue weighted by molar-refractivity contribution is 0.0697. The van der Waals surface area contributed by atoms with Gasteiger partial charge in [0.05, 0.1) is 17.1 Å². The van der Waals surface area contributed by atoms with Crippen LogP contribution in [-0.2, 0) is 0 Å². The Morgan fingerprint density at radius 1 is 1.47 bits per heavy atom. The molecular weight excluding hydrogens is 262 g/mol. The third kappa shape index (κ3) is 2.10. The average molecular weight is 277 g/mol. The summed E-state index contributed by atoms with van der Waals surface area (Å²) in [5.41, 5.74) is 1.87. The first-order chi connectivity index (χ1) is 9.20. The van der Waals surface area contributed by atoms with Crippen LogP contribution in [0.15, 0.2) is 18.2 Å². The topological polar surface area (TPSA) is 68.0 Å². The number of hydrogen-bond donors (Lipinski definition) is 1. The molecule has 1 aliphatic carbocycles. The molecule has 5 nitrogen and oxygen atoms in total. The summed E-state index contributed by atoms with van der Waals surface area (Å²) in [6.45, 7) is 0. The van der Waals surface area contributed by atoms with Gasteiger partial charge in [-0.1, -0.05) is 11.6 Å². The van der Waals surface area contributed by atoms with E-state index in [1.165, 1.54) is 12.8 Å². The Morgan fingerprint density at radius 3 is 3.05 bits per heavy atom. The lowest BCUT2D eigenvalue weighted by Gasteiger charge is -2.18. The van der Waals surface area contributed by atoms with Gasteiger partial charge in [0.15, 0.2) is 0 Å². The molecule has 0 amide bonds. The number of thioether (sulfide) groups is 1. The summed E-state index contributed by atoms with van der Waals surface area (Å²) in [7, 11) is 0. The van der Waals surface area contributed by atoms with Crippen LogP contribution in [0.2, 0.25) is 0 Å². The zero-order chi connectivity index (χ0) is 13.4. The number of benzene rings is 1. The van der Waals surface area contributed by atoms with Gasteiger partial charge in [-0.2, -0.15) is 11.8 Å². The van der Waals surface area contributed by atoms with Crippen molar-refractivity contribution in [2.45, 2.75) is 30.6 Å². The van der Waals surface area contributed by atoms with Crippen molar-refractivity contribution in [3.8, 4) is 0 Å². The Morgan fingerprint density at radius 2 is 2.32 bits per heavy atom. The molecule has 1 aromatic heterocycles. The molecule has 2 atom stereocenters. The molecular formula is C13H15N3O2S. The van der Waals surface area contributed by atoms with Gasteiger partial charge in [-0.25, -0.2) is 9.48 Å². The van der Waals surface area contributed by atoms with E-state index in [1.54, 1.807) is 18.2 Å². The highest BCUT2D eigenvalue weighted by Gasteiger charge is 2.30.